The molecule has 0 amide bonds. The highest BCUT2D eigenvalue weighted by Crippen LogP contribution is 2.17. The molecule has 16 heavy (non-hydrogen) atoms. The standard InChI is InChI=1S/C13H15NO2/c1-10-3-4-11-5-6-14(13(11)7-10)8-12(15)9-16-2/h3-7H,8-9H2,1-2H3. The van der Waals surface area contributed by atoms with Gasteiger partial charge < -0.3 is 9.30 Å². The van der Waals surface area contributed by atoms with Crippen LogP contribution in [0, 0.1) is 6.92 Å². The van der Waals surface area contributed by atoms with E-state index >= 15 is 0 Å². The number of carbonyl (C=O) groups excluding carboxylic acids is 1. The van der Waals surface area contributed by atoms with Gasteiger partial charge in [-0.2, -0.15) is 0 Å². The Morgan fingerprint density at radius 3 is 2.94 bits per heavy atom. The maximum Gasteiger partial charge on any atom is 0.178 e. The summed E-state index contributed by atoms with van der Waals surface area (Å²) in [5.41, 5.74) is 2.30. The summed E-state index contributed by atoms with van der Waals surface area (Å²) in [6, 6.07) is 8.26. The molecule has 0 saturated heterocycles. The summed E-state index contributed by atoms with van der Waals surface area (Å²) < 4.78 is 6.79. The van der Waals surface area contributed by atoms with Crippen molar-refractivity contribution < 1.29 is 9.53 Å². The van der Waals surface area contributed by atoms with Crippen molar-refractivity contribution in [2.75, 3.05) is 13.7 Å². The molecule has 2 rings (SSSR count). The van der Waals surface area contributed by atoms with Crippen molar-refractivity contribution in [3.05, 3.63) is 36.0 Å². The number of Topliss-reactive ketones (excluding diaryl/α,β-unsaturated/α-hetero) is 1. The van der Waals surface area contributed by atoms with Crippen molar-refractivity contribution in [1.82, 2.24) is 4.57 Å². The molecular formula is C13H15NO2. The fourth-order valence-corrected chi connectivity index (χ4v) is 1.83. The third-order valence-corrected chi connectivity index (χ3v) is 2.58. The Morgan fingerprint density at radius 1 is 1.38 bits per heavy atom. The number of carbonyl (C=O) groups is 1. The average molecular weight is 217 g/mol. The molecule has 1 aromatic carbocycles. The number of ketones is 1. The zero-order valence-corrected chi connectivity index (χ0v) is 9.56. The molecular weight excluding hydrogens is 202 g/mol. The van der Waals surface area contributed by atoms with E-state index in [1.807, 2.05) is 23.8 Å². The monoisotopic (exact) mass is 217 g/mol. The van der Waals surface area contributed by atoms with Crippen LogP contribution in [0.3, 0.4) is 0 Å². The maximum absolute atomic E-state index is 11.5. The van der Waals surface area contributed by atoms with Gasteiger partial charge in [-0.1, -0.05) is 12.1 Å². The molecule has 3 heteroatoms. The predicted octanol–water partition coefficient (Wildman–Crippen LogP) is 2.17. The van der Waals surface area contributed by atoms with E-state index in [2.05, 4.69) is 18.2 Å². The topological polar surface area (TPSA) is 31.2 Å². The molecule has 84 valence electrons. The molecule has 2 aromatic rings. The number of ether oxygens (including phenoxy) is 1. The van der Waals surface area contributed by atoms with Gasteiger partial charge in [0, 0.05) is 18.8 Å². The van der Waals surface area contributed by atoms with E-state index in [4.69, 9.17) is 4.74 Å². The lowest BCUT2D eigenvalue weighted by Crippen LogP contribution is -2.14. The molecule has 1 aromatic heterocycles. The summed E-state index contributed by atoms with van der Waals surface area (Å²) in [4.78, 5) is 11.5. The van der Waals surface area contributed by atoms with Gasteiger partial charge in [0.25, 0.3) is 0 Å². The molecule has 0 aliphatic heterocycles. The first kappa shape index (κ1) is 10.9. The summed E-state index contributed by atoms with van der Waals surface area (Å²) in [6.45, 7) is 2.60. The summed E-state index contributed by atoms with van der Waals surface area (Å²) in [7, 11) is 1.54. The number of aromatic nitrogens is 1. The molecule has 0 aliphatic carbocycles. The van der Waals surface area contributed by atoms with Crippen molar-refractivity contribution in [3.8, 4) is 0 Å². The highest BCUT2D eigenvalue weighted by atomic mass is 16.5. The average Bonchev–Trinajstić information content (AvgIpc) is 2.61. The van der Waals surface area contributed by atoms with Crippen LogP contribution >= 0.6 is 0 Å². The lowest BCUT2D eigenvalue weighted by atomic mass is 10.2. The quantitative estimate of drug-likeness (QED) is 0.786. The van der Waals surface area contributed by atoms with Gasteiger partial charge in [-0.3, -0.25) is 4.79 Å². The number of hydrogen-bond donors (Lipinski definition) is 0. The number of benzene rings is 1. The van der Waals surface area contributed by atoms with Gasteiger partial charge in [0.05, 0.1) is 6.54 Å². The molecule has 3 nitrogen and oxygen atoms in total. The van der Waals surface area contributed by atoms with Gasteiger partial charge in [0.1, 0.15) is 6.61 Å². The highest BCUT2D eigenvalue weighted by Gasteiger charge is 2.05. The van der Waals surface area contributed by atoms with Gasteiger partial charge in [-0.15, -0.1) is 0 Å². The number of hydrogen-bond acceptors (Lipinski definition) is 2. The number of fused-ring (bicyclic) bond motifs is 1. The molecule has 1 heterocycles. The Hall–Kier alpha value is -1.61. The van der Waals surface area contributed by atoms with Crippen molar-refractivity contribution >= 4 is 16.7 Å². The van der Waals surface area contributed by atoms with Gasteiger partial charge in [-0.05, 0) is 30.0 Å². The Balaban J connectivity index is 2.30. The van der Waals surface area contributed by atoms with Crippen molar-refractivity contribution in [2.24, 2.45) is 0 Å². The summed E-state index contributed by atoms with van der Waals surface area (Å²) in [5, 5.41) is 1.16. The molecule has 0 bridgehead atoms. The van der Waals surface area contributed by atoms with E-state index in [0.717, 1.165) is 10.9 Å². The lowest BCUT2D eigenvalue weighted by molar-refractivity contribution is -0.123. The normalized spacial score (nSPS) is 10.9. The second kappa shape index (κ2) is 4.49. The Labute approximate surface area is 94.6 Å². The highest BCUT2D eigenvalue weighted by molar-refractivity contribution is 5.85. The first-order valence-corrected chi connectivity index (χ1v) is 5.27. The third-order valence-electron chi connectivity index (χ3n) is 2.58. The Morgan fingerprint density at radius 2 is 2.19 bits per heavy atom. The molecule has 0 unspecified atom stereocenters. The van der Waals surface area contributed by atoms with Crippen molar-refractivity contribution in [1.29, 1.82) is 0 Å². The molecule has 0 spiro atoms. The molecule has 0 aliphatic rings. The Bertz CT molecular complexity index is 514. The van der Waals surface area contributed by atoms with E-state index in [1.54, 1.807) is 0 Å². The van der Waals surface area contributed by atoms with Crippen molar-refractivity contribution in [3.63, 3.8) is 0 Å². The van der Waals surface area contributed by atoms with E-state index in [1.165, 1.54) is 12.7 Å². The van der Waals surface area contributed by atoms with Crippen LogP contribution in [0.5, 0.6) is 0 Å². The number of nitrogens with zero attached hydrogens (tertiary/aromatic N) is 1. The van der Waals surface area contributed by atoms with Crippen LogP contribution in [-0.4, -0.2) is 24.1 Å². The van der Waals surface area contributed by atoms with Crippen LogP contribution in [0.4, 0.5) is 0 Å². The fraction of sp³-hybridized carbons (Fsp3) is 0.308. The van der Waals surface area contributed by atoms with Crippen LogP contribution < -0.4 is 0 Å². The van der Waals surface area contributed by atoms with E-state index in [0.29, 0.717) is 6.54 Å². The predicted molar refractivity (Wildman–Crippen MR) is 63.6 cm³/mol. The smallest absolute Gasteiger partial charge is 0.178 e. The third kappa shape index (κ3) is 2.14. The van der Waals surface area contributed by atoms with Gasteiger partial charge >= 0.3 is 0 Å². The van der Waals surface area contributed by atoms with Gasteiger partial charge in [-0.25, -0.2) is 0 Å². The molecule has 0 fully saturated rings. The van der Waals surface area contributed by atoms with Crippen LogP contribution in [0.25, 0.3) is 10.9 Å². The number of rotatable bonds is 4. The minimum absolute atomic E-state index is 0.0847. The summed E-state index contributed by atoms with van der Waals surface area (Å²) in [5.74, 6) is 0.0847. The minimum atomic E-state index is 0.0847. The van der Waals surface area contributed by atoms with Crippen LogP contribution in [-0.2, 0) is 16.1 Å². The molecule has 0 radical (unpaired) electrons. The zero-order valence-electron chi connectivity index (χ0n) is 9.56. The molecule has 0 atom stereocenters. The van der Waals surface area contributed by atoms with Crippen LogP contribution in [0.1, 0.15) is 5.56 Å². The van der Waals surface area contributed by atoms with E-state index < -0.39 is 0 Å². The first-order valence-electron chi connectivity index (χ1n) is 5.27. The van der Waals surface area contributed by atoms with Crippen molar-refractivity contribution in [2.45, 2.75) is 13.5 Å². The van der Waals surface area contributed by atoms with E-state index in [9.17, 15) is 4.79 Å². The SMILES string of the molecule is COCC(=O)Cn1ccc2ccc(C)cc21. The van der Waals surface area contributed by atoms with Gasteiger partial charge in [0.2, 0.25) is 0 Å². The maximum atomic E-state index is 11.5. The van der Waals surface area contributed by atoms with Gasteiger partial charge in [0.15, 0.2) is 5.78 Å². The second-order valence-corrected chi connectivity index (χ2v) is 3.98. The molecule has 0 saturated carbocycles. The summed E-state index contributed by atoms with van der Waals surface area (Å²) >= 11 is 0. The number of methoxy groups -OCH3 is 1. The minimum Gasteiger partial charge on any atom is -0.377 e. The largest absolute Gasteiger partial charge is 0.377 e. The zero-order chi connectivity index (χ0) is 11.5. The Kier molecular flexibility index (Phi) is 3.06. The fourth-order valence-electron chi connectivity index (χ4n) is 1.83. The molecule has 0 N–H and O–H groups in total. The van der Waals surface area contributed by atoms with E-state index in [-0.39, 0.29) is 12.4 Å². The summed E-state index contributed by atoms with van der Waals surface area (Å²) in [6.07, 6.45) is 1.94. The van der Waals surface area contributed by atoms with Crippen LogP contribution in [0.2, 0.25) is 0 Å². The van der Waals surface area contributed by atoms with Crippen LogP contribution in [0.15, 0.2) is 30.5 Å². The number of aryl methyl sites for hydroxylation is 1. The second-order valence-electron chi connectivity index (χ2n) is 3.98. The lowest BCUT2D eigenvalue weighted by Gasteiger charge is -2.04. The first-order chi connectivity index (χ1) is 7.70.